The summed E-state index contributed by atoms with van der Waals surface area (Å²) in [5, 5.41) is 11.8. The number of hydrogen-bond donors (Lipinski definition) is 2. The van der Waals surface area contributed by atoms with Crippen molar-refractivity contribution < 1.29 is 9.94 Å². The molecular formula is C13H28N2O2. The van der Waals surface area contributed by atoms with Gasteiger partial charge in [-0.3, -0.25) is 4.84 Å². The van der Waals surface area contributed by atoms with Crippen molar-refractivity contribution in [3.63, 3.8) is 0 Å². The zero-order chi connectivity index (χ0) is 13.5. The second-order valence-electron chi connectivity index (χ2n) is 7.17. The minimum absolute atomic E-state index is 0.105. The van der Waals surface area contributed by atoms with E-state index in [9.17, 15) is 5.11 Å². The zero-order valence-electron chi connectivity index (χ0n) is 12.1. The first-order valence-corrected chi connectivity index (χ1v) is 6.35. The minimum Gasteiger partial charge on any atom is -0.388 e. The first-order valence-electron chi connectivity index (χ1n) is 6.35. The average Bonchev–Trinajstić information content (AvgIpc) is 1.94. The predicted octanol–water partition coefficient (Wildman–Crippen LogP) is 1.67. The Labute approximate surface area is 105 Å². The van der Waals surface area contributed by atoms with Crippen LogP contribution in [0.3, 0.4) is 0 Å². The maximum absolute atomic E-state index is 9.76. The second-order valence-corrected chi connectivity index (χ2v) is 7.17. The minimum atomic E-state index is -0.814. The van der Waals surface area contributed by atoms with E-state index in [1.54, 1.807) is 13.8 Å². The molecule has 3 N–H and O–H groups in total. The summed E-state index contributed by atoms with van der Waals surface area (Å²) in [6.45, 7) is 12.4. The molecule has 1 aliphatic heterocycles. The number of nitrogens with zero attached hydrogens (tertiary/aromatic N) is 1. The topological polar surface area (TPSA) is 58.7 Å². The van der Waals surface area contributed by atoms with E-state index in [1.165, 1.54) is 0 Å². The van der Waals surface area contributed by atoms with Crippen LogP contribution in [0, 0.1) is 0 Å². The molecular weight excluding hydrogens is 216 g/mol. The van der Waals surface area contributed by atoms with Gasteiger partial charge in [-0.25, -0.2) is 0 Å². The van der Waals surface area contributed by atoms with Crippen LogP contribution in [0.25, 0.3) is 0 Å². The van der Waals surface area contributed by atoms with Gasteiger partial charge in [0.1, 0.15) is 0 Å². The molecule has 0 unspecified atom stereocenters. The van der Waals surface area contributed by atoms with Gasteiger partial charge in [-0.05, 0) is 54.4 Å². The van der Waals surface area contributed by atoms with E-state index >= 15 is 0 Å². The van der Waals surface area contributed by atoms with E-state index < -0.39 is 5.60 Å². The van der Waals surface area contributed by atoms with E-state index in [-0.39, 0.29) is 17.1 Å². The Hall–Kier alpha value is -0.160. The van der Waals surface area contributed by atoms with Crippen molar-refractivity contribution in [3.8, 4) is 0 Å². The van der Waals surface area contributed by atoms with Crippen molar-refractivity contribution in [2.75, 3.05) is 6.61 Å². The molecule has 0 atom stereocenters. The number of piperidine rings is 1. The van der Waals surface area contributed by atoms with Crippen molar-refractivity contribution in [1.29, 1.82) is 0 Å². The van der Waals surface area contributed by atoms with Crippen molar-refractivity contribution in [3.05, 3.63) is 0 Å². The molecule has 0 spiro atoms. The van der Waals surface area contributed by atoms with Crippen molar-refractivity contribution in [2.45, 2.75) is 77.1 Å². The Morgan fingerprint density at radius 1 is 1.24 bits per heavy atom. The average molecular weight is 244 g/mol. The van der Waals surface area contributed by atoms with E-state index in [0.29, 0.717) is 6.61 Å². The lowest BCUT2D eigenvalue weighted by Gasteiger charge is -2.53. The summed E-state index contributed by atoms with van der Waals surface area (Å²) in [5.74, 6) is 0. The molecule has 0 amide bonds. The SMILES string of the molecule is CC(C)(O)CON1C(C)(C)CC(N)CC1(C)C. The lowest BCUT2D eigenvalue weighted by Crippen LogP contribution is -2.63. The van der Waals surface area contributed by atoms with Gasteiger partial charge in [-0.15, -0.1) is 0 Å². The molecule has 0 aliphatic carbocycles. The molecule has 1 saturated heterocycles. The Kier molecular flexibility index (Phi) is 3.94. The molecule has 1 heterocycles. The van der Waals surface area contributed by atoms with Gasteiger partial charge in [0, 0.05) is 17.1 Å². The van der Waals surface area contributed by atoms with Crippen LogP contribution in [0.5, 0.6) is 0 Å². The molecule has 0 saturated carbocycles. The quantitative estimate of drug-likeness (QED) is 0.793. The van der Waals surface area contributed by atoms with Crippen LogP contribution in [0.15, 0.2) is 0 Å². The third kappa shape index (κ3) is 3.91. The normalized spacial score (nSPS) is 26.1. The van der Waals surface area contributed by atoms with Crippen molar-refractivity contribution in [1.82, 2.24) is 5.06 Å². The van der Waals surface area contributed by atoms with Gasteiger partial charge < -0.3 is 10.8 Å². The van der Waals surface area contributed by atoms with Crippen LogP contribution in [0.1, 0.15) is 54.4 Å². The Balaban J connectivity index is 2.79. The third-order valence-electron chi connectivity index (χ3n) is 3.17. The number of aliphatic hydroxyl groups is 1. The van der Waals surface area contributed by atoms with Gasteiger partial charge in [0.25, 0.3) is 0 Å². The summed E-state index contributed by atoms with van der Waals surface area (Å²) >= 11 is 0. The summed E-state index contributed by atoms with van der Waals surface area (Å²) in [5.41, 5.74) is 5.08. The second kappa shape index (κ2) is 4.50. The van der Waals surface area contributed by atoms with Crippen LogP contribution in [0.4, 0.5) is 0 Å². The van der Waals surface area contributed by atoms with Gasteiger partial charge >= 0.3 is 0 Å². The molecule has 0 aromatic rings. The van der Waals surface area contributed by atoms with E-state index in [2.05, 4.69) is 27.7 Å². The summed E-state index contributed by atoms with van der Waals surface area (Å²) in [6.07, 6.45) is 1.81. The molecule has 1 aliphatic rings. The number of hydroxylamine groups is 2. The summed E-state index contributed by atoms with van der Waals surface area (Å²) in [4.78, 5) is 5.85. The first-order chi connectivity index (χ1) is 7.44. The summed E-state index contributed by atoms with van der Waals surface area (Å²) in [7, 11) is 0. The molecule has 1 rings (SSSR count). The van der Waals surface area contributed by atoms with Gasteiger partial charge in [-0.2, -0.15) is 5.06 Å². The number of nitrogens with two attached hydrogens (primary N) is 1. The molecule has 0 bridgehead atoms. The molecule has 0 aromatic heterocycles. The lowest BCUT2D eigenvalue weighted by atomic mass is 9.79. The molecule has 4 heteroatoms. The van der Waals surface area contributed by atoms with Gasteiger partial charge in [0.15, 0.2) is 0 Å². The van der Waals surface area contributed by atoms with Crippen LogP contribution in [-0.4, -0.2) is 39.5 Å². The fourth-order valence-corrected chi connectivity index (χ4v) is 2.91. The van der Waals surface area contributed by atoms with E-state index in [0.717, 1.165) is 12.8 Å². The molecule has 1 fully saturated rings. The molecule has 102 valence electrons. The largest absolute Gasteiger partial charge is 0.388 e. The fourth-order valence-electron chi connectivity index (χ4n) is 2.91. The summed E-state index contributed by atoms with van der Waals surface area (Å²) in [6, 6.07) is 0.210. The standard InChI is InChI=1S/C13H28N2O2/c1-11(2)7-10(14)8-12(3,4)15(11)17-9-13(5,6)16/h10,16H,7-9,14H2,1-6H3. The highest BCUT2D eigenvalue weighted by Gasteiger charge is 2.45. The molecule has 0 radical (unpaired) electrons. The zero-order valence-corrected chi connectivity index (χ0v) is 12.1. The smallest absolute Gasteiger partial charge is 0.0967 e. The third-order valence-corrected chi connectivity index (χ3v) is 3.17. The Bertz CT molecular complexity index is 251. The van der Waals surface area contributed by atoms with E-state index in [4.69, 9.17) is 10.6 Å². The van der Waals surface area contributed by atoms with Crippen molar-refractivity contribution >= 4 is 0 Å². The first kappa shape index (κ1) is 14.9. The lowest BCUT2D eigenvalue weighted by molar-refractivity contribution is -0.298. The summed E-state index contributed by atoms with van der Waals surface area (Å²) < 4.78 is 0. The monoisotopic (exact) mass is 244 g/mol. The van der Waals surface area contributed by atoms with Crippen LogP contribution in [0.2, 0.25) is 0 Å². The van der Waals surface area contributed by atoms with Crippen LogP contribution in [-0.2, 0) is 4.84 Å². The highest BCUT2D eigenvalue weighted by Crippen LogP contribution is 2.38. The predicted molar refractivity (Wildman–Crippen MR) is 69.5 cm³/mol. The van der Waals surface area contributed by atoms with Gasteiger partial charge in [-0.1, -0.05) is 0 Å². The van der Waals surface area contributed by atoms with Gasteiger partial charge in [0.2, 0.25) is 0 Å². The van der Waals surface area contributed by atoms with Crippen molar-refractivity contribution in [2.24, 2.45) is 5.73 Å². The highest BCUT2D eigenvalue weighted by atomic mass is 16.7. The molecule has 17 heavy (non-hydrogen) atoms. The fraction of sp³-hybridized carbons (Fsp3) is 1.00. The van der Waals surface area contributed by atoms with Crippen LogP contribution >= 0.6 is 0 Å². The molecule has 4 nitrogen and oxygen atoms in total. The Morgan fingerprint density at radius 3 is 2.00 bits per heavy atom. The number of rotatable bonds is 3. The number of hydrogen-bond acceptors (Lipinski definition) is 4. The van der Waals surface area contributed by atoms with E-state index in [1.807, 2.05) is 5.06 Å². The van der Waals surface area contributed by atoms with Gasteiger partial charge in [0.05, 0.1) is 12.2 Å². The maximum Gasteiger partial charge on any atom is 0.0967 e. The van der Waals surface area contributed by atoms with Crippen LogP contribution < -0.4 is 5.73 Å². The maximum atomic E-state index is 9.76. The Morgan fingerprint density at radius 2 is 1.65 bits per heavy atom. The molecule has 0 aromatic carbocycles. The highest BCUT2D eigenvalue weighted by molar-refractivity contribution is 4.98.